The van der Waals surface area contributed by atoms with Gasteiger partial charge < -0.3 is 10.2 Å². The fraction of sp³-hybridized carbons (Fsp3) is 0.333. The van der Waals surface area contributed by atoms with Crippen LogP contribution in [0.5, 0.6) is 0 Å². The third-order valence-electron chi connectivity index (χ3n) is 5.07. The molecule has 0 aliphatic carbocycles. The zero-order chi connectivity index (χ0) is 18.0. The number of fused-ring (bicyclic) bond motifs is 1. The predicted molar refractivity (Wildman–Crippen MR) is 102 cm³/mol. The van der Waals surface area contributed by atoms with Crippen LogP contribution < -0.4 is 0 Å². The monoisotopic (exact) mass is 349 g/mol. The minimum absolute atomic E-state index is 0.194. The molecule has 134 valence electrons. The van der Waals surface area contributed by atoms with Gasteiger partial charge in [0.2, 0.25) is 0 Å². The van der Waals surface area contributed by atoms with E-state index in [1.54, 1.807) is 0 Å². The molecular formula is C21H23N3O2. The van der Waals surface area contributed by atoms with Gasteiger partial charge in [0.15, 0.2) is 5.82 Å². The van der Waals surface area contributed by atoms with Crippen LogP contribution in [0.3, 0.4) is 0 Å². The van der Waals surface area contributed by atoms with Gasteiger partial charge in [-0.05, 0) is 30.2 Å². The van der Waals surface area contributed by atoms with Gasteiger partial charge in [0.1, 0.15) is 5.60 Å². The summed E-state index contributed by atoms with van der Waals surface area (Å²) < 4.78 is 0. The highest BCUT2D eigenvalue weighted by Gasteiger charge is 2.32. The van der Waals surface area contributed by atoms with Gasteiger partial charge in [-0.1, -0.05) is 42.5 Å². The number of piperidine rings is 1. The van der Waals surface area contributed by atoms with Crippen molar-refractivity contribution in [3.8, 4) is 11.4 Å². The summed E-state index contributed by atoms with van der Waals surface area (Å²) in [4.78, 5) is 11.3. The zero-order valence-electron chi connectivity index (χ0n) is 14.7. The number of hydrogen-bond donors (Lipinski definition) is 2. The van der Waals surface area contributed by atoms with Crippen molar-refractivity contribution >= 4 is 10.8 Å². The Morgan fingerprint density at radius 3 is 2.62 bits per heavy atom. The lowest BCUT2D eigenvalue weighted by atomic mass is 9.93. The first-order valence-electron chi connectivity index (χ1n) is 9.02. The van der Waals surface area contributed by atoms with E-state index in [9.17, 15) is 10.2 Å². The van der Waals surface area contributed by atoms with Crippen molar-refractivity contribution in [1.29, 1.82) is 0 Å². The SMILES string of the molecule is OC[C@]1(O)CCCN(Cc2cnc(-c3cccc4ccccc34)nc2)C1. The third-order valence-corrected chi connectivity index (χ3v) is 5.07. The summed E-state index contributed by atoms with van der Waals surface area (Å²) in [5.41, 5.74) is 1.06. The molecule has 2 N–H and O–H groups in total. The van der Waals surface area contributed by atoms with Gasteiger partial charge in [0.05, 0.1) is 6.61 Å². The maximum Gasteiger partial charge on any atom is 0.159 e. The topological polar surface area (TPSA) is 69.5 Å². The molecule has 26 heavy (non-hydrogen) atoms. The predicted octanol–water partition coefficient (Wildman–Crippen LogP) is 2.62. The van der Waals surface area contributed by atoms with Gasteiger partial charge in [-0.2, -0.15) is 0 Å². The van der Waals surface area contributed by atoms with Crippen LogP contribution in [-0.4, -0.2) is 50.4 Å². The van der Waals surface area contributed by atoms with Gasteiger partial charge in [-0.25, -0.2) is 9.97 Å². The molecule has 0 spiro atoms. The smallest absolute Gasteiger partial charge is 0.159 e. The largest absolute Gasteiger partial charge is 0.393 e. The van der Waals surface area contributed by atoms with E-state index < -0.39 is 5.60 Å². The second-order valence-corrected chi connectivity index (χ2v) is 7.14. The molecule has 0 bridgehead atoms. The minimum atomic E-state index is -0.984. The summed E-state index contributed by atoms with van der Waals surface area (Å²) in [6.45, 7) is 1.88. The molecule has 5 heteroatoms. The number of nitrogens with zero attached hydrogens (tertiary/aromatic N) is 3. The normalized spacial score (nSPS) is 21.2. The van der Waals surface area contributed by atoms with Gasteiger partial charge >= 0.3 is 0 Å². The summed E-state index contributed by atoms with van der Waals surface area (Å²) in [5.74, 6) is 0.719. The third kappa shape index (κ3) is 3.46. The first-order valence-corrected chi connectivity index (χ1v) is 9.02. The molecule has 0 amide bonds. The summed E-state index contributed by atoms with van der Waals surface area (Å²) in [6.07, 6.45) is 5.25. The summed E-state index contributed by atoms with van der Waals surface area (Å²) >= 11 is 0. The van der Waals surface area contributed by atoms with Crippen LogP contribution in [0.2, 0.25) is 0 Å². The molecule has 0 radical (unpaired) electrons. The number of aliphatic hydroxyl groups excluding tert-OH is 1. The van der Waals surface area contributed by atoms with E-state index in [1.165, 1.54) is 5.39 Å². The molecule has 3 aromatic rings. The number of aromatic nitrogens is 2. The Bertz CT molecular complexity index is 892. The fourth-order valence-corrected chi connectivity index (χ4v) is 3.72. The molecule has 2 heterocycles. The van der Waals surface area contributed by atoms with Crippen LogP contribution >= 0.6 is 0 Å². The second-order valence-electron chi connectivity index (χ2n) is 7.14. The lowest BCUT2D eigenvalue weighted by molar-refractivity contribution is -0.0687. The van der Waals surface area contributed by atoms with Gasteiger partial charge in [0, 0.05) is 36.6 Å². The number of benzene rings is 2. The lowest BCUT2D eigenvalue weighted by Gasteiger charge is -2.37. The Morgan fingerprint density at radius 1 is 1.04 bits per heavy atom. The van der Waals surface area contributed by atoms with E-state index in [4.69, 9.17) is 0 Å². The van der Waals surface area contributed by atoms with Crippen molar-refractivity contribution in [2.75, 3.05) is 19.7 Å². The number of aliphatic hydroxyl groups is 2. The van der Waals surface area contributed by atoms with Crippen LogP contribution in [0, 0.1) is 0 Å². The molecule has 1 aliphatic heterocycles. The van der Waals surface area contributed by atoms with Crippen molar-refractivity contribution in [3.63, 3.8) is 0 Å². The molecule has 4 rings (SSSR count). The summed E-state index contributed by atoms with van der Waals surface area (Å²) in [6, 6.07) is 14.4. The number of likely N-dealkylation sites (tertiary alicyclic amines) is 1. The Kier molecular flexibility index (Phi) is 4.68. The molecule has 1 fully saturated rings. The Labute approximate surface area is 153 Å². The molecule has 1 aromatic heterocycles. The van der Waals surface area contributed by atoms with Gasteiger partial charge in [-0.15, -0.1) is 0 Å². The van der Waals surface area contributed by atoms with E-state index in [0.29, 0.717) is 19.5 Å². The molecular weight excluding hydrogens is 326 g/mol. The quantitative estimate of drug-likeness (QED) is 0.758. The van der Waals surface area contributed by atoms with E-state index >= 15 is 0 Å². The highest BCUT2D eigenvalue weighted by molar-refractivity contribution is 5.94. The number of β-amino-alcohol motifs (C(OH)–C–C–N with tert-alkyl or cyclic N) is 1. The summed E-state index contributed by atoms with van der Waals surface area (Å²) in [7, 11) is 0. The standard InChI is InChI=1S/C21H23N3O2/c25-15-21(26)9-4-10-24(14-21)13-16-11-22-20(23-12-16)19-8-3-6-17-5-1-2-7-18(17)19/h1-3,5-8,11-12,25-26H,4,9-10,13-15H2/t21-/m0/s1. The van der Waals surface area contributed by atoms with Crippen LogP contribution in [0.1, 0.15) is 18.4 Å². The van der Waals surface area contributed by atoms with Crippen molar-refractivity contribution in [2.45, 2.75) is 25.0 Å². The average molecular weight is 349 g/mol. The Hall–Kier alpha value is -2.34. The van der Waals surface area contributed by atoms with Gasteiger partial charge in [-0.3, -0.25) is 4.90 Å². The van der Waals surface area contributed by atoms with E-state index in [-0.39, 0.29) is 6.61 Å². The van der Waals surface area contributed by atoms with Crippen LogP contribution in [-0.2, 0) is 6.54 Å². The average Bonchev–Trinajstić information content (AvgIpc) is 2.68. The summed E-state index contributed by atoms with van der Waals surface area (Å²) in [5, 5.41) is 22.0. The number of hydrogen-bond acceptors (Lipinski definition) is 5. The van der Waals surface area contributed by atoms with Crippen LogP contribution in [0.25, 0.3) is 22.2 Å². The molecule has 2 aromatic carbocycles. The highest BCUT2D eigenvalue weighted by Crippen LogP contribution is 2.26. The van der Waals surface area contributed by atoms with E-state index in [0.717, 1.165) is 35.3 Å². The lowest BCUT2D eigenvalue weighted by Crippen LogP contribution is -2.50. The van der Waals surface area contributed by atoms with Crippen molar-refractivity contribution in [2.24, 2.45) is 0 Å². The van der Waals surface area contributed by atoms with Crippen molar-refractivity contribution < 1.29 is 10.2 Å². The maximum atomic E-state index is 10.3. The molecule has 5 nitrogen and oxygen atoms in total. The maximum absolute atomic E-state index is 10.3. The molecule has 0 unspecified atom stereocenters. The molecule has 0 saturated carbocycles. The number of rotatable bonds is 4. The zero-order valence-corrected chi connectivity index (χ0v) is 14.7. The van der Waals surface area contributed by atoms with Gasteiger partial charge in [0.25, 0.3) is 0 Å². The highest BCUT2D eigenvalue weighted by atomic mass is 16.3. The van der Waals surface area contributed by atoms with Crippen LogP contribution in [0.4, 0.5) is 0 Å². The second kappa shape index (κ2) is 7.11. The molecule has 1 atom stereocenters. The first-order chi connectivity index (χ1) is 12.7. The Balaban J connectivity index is 1.54. The van der Waals surface area contributed by atoms with Crippen molar-refractivity contribution in [1.82, 2.24) is 14.9 Å². The van der Waals surface area contributed by atoms with E-state index in [2.05, 4.69) is 33.1 Å². The fourth-order valence-electron chi connectivity index (χ4n) is 3.72. The first kappa shape index (κ1) is 17.1. The molecule has 1 saturated heterocycles. The molecule has 1 aliphatic rings. The van der Waals surface area contributed by atoms with E-state index in [1.807, 2.05) is 36.7 Å². The van der Waals surface area contributed by atoms with Crippen LogP contribution in [0.15, 0.2) is 54.9 Å². The Morgan fingerprint density at radius 2 is 1.81 bits per heavy atom. The minimum Gasteiger partial charge on any atom is -0.393 e. The van der Waals surface area contributed by atoms with Crippen molar-refractivity contribution in [3.05, 3.63) is 60.4 Å².